The fourth-order valence-electron chi connectivity index (χ4n) is 5.05. The van der Waals surface area contributed by atoms with Crippen LogP contribution in [0, 0.1) is 5.92 Å². The maximum Gasteiger partial charge on any atom is 0.192 e. The van der Waals surface area contributed by atoms with E-state index in [0.29, 0.717) is 6.42 Å². The summed E-state index contributed by atoms with van der Waals surface area (Å²) >= 11 is 0. The summed E-state index contributed by atoms with van der Waals surface area (Å²) in [5.41, 5.74) is 2.56. The fraction of sp³-hybridized carbons (Fsp3) is 0.750. The number of unbranched alkanes of at least 4 members (excludes halogenated alkanes) is 2. The second-order valence-corrected chi connectivity index (χ2v) is 24.0. The van der Waals surface area contributed by atoms with Crippen LogP contribution in [-0.2, 0) is 8.85 Å². The van der Waals surface area contributed by atoms with E-state index in [4.69, 9.17) is 8.85 Å². The Morgan fingerprint density at radius 3 is 2.03 bits per heavy atom. The Balaban J connectivity index is 2.38. The zero-order chi connectivity index (χ0) is 28.2. The minimum absolute atomic E-state index is 0.0375. The number of allylic oxidation sites excluding steroid dienone is 1. The molecular weight excluding hydrogens is 489 g/mol. The molecule has 0 bridgehead atoms. The number of benzene rings is 1. The number of hydrogen-bond donors (Lipinski definition) is 1. The normalized spacial score (nSPS) is 24.3. The Labute approximate surface area is 231 Å². The van der Waals surface area contributed by atoms with Crippen LogP contribution < -0.4 is 0 Å². The van der Waals surface area contributed by atoms with Crippen molar-refractivity contribution < 1.29 is 14.0 Å². The van der Waals surface area contributed by atoms with Crippen molar-refractivity contribution in [2.75, 3.05) is 0 Å². The van der Waals surface area contributed by atoms with Crippen LogP contribution in [0.3, 0.4) is 0 Å². The van der Waals surface area contributed by atoms with Crippen molar-refractivity contribution in [3.63, 3.8) is 0 Å². The van der Waals surface area contributed by atoms with E-state index in [1.807, 2.05) is 6.08 Å². The Hall–Kier alpha value is -0.726. The standard InChI is InChI=1S/C32H58O3Si2/c1-13-15-16-18-28(34-36(9,10)31(3,4)5)24-19-21-25(22-20-24)30-26(17-14-2)27(33)23-29(30)35-37(11,12)32(6,7)8/h14,19-22,26-30,33H,2,13,15-18,23H2,1,3-12H3/t26-,27-,28?,29-,30?/m0/s1. The molecule has 0 radical (unpaired) electrons. The second kappa shape index (κ2) is 12.6. The van der Waals surface area contributed by atoms with E-state index in [1.165, 1.54) is 30.4 Å². The molecule has 0 spiro atoms. The molecule has 1 fully saturated rings. The van der Waals surface area contributed by atoms with E-state index in [-0.39, 0.29) is 40.2 Å². The van der Waals surface area contributed by atoms with Crippen LogP contribution >= 0.6 is 0 Å². The van der Waals surface area contributed by atoms with Crippen LogP contribution in [0.1, 0.15) is 110 Å². The highest BCUT2D eigenvalue weighted by Crippen LogP contribution is 2.48. The van der Waals surface area contributed by atoms with Crippen molar-refractivity contribution in [1.29, 1.82) is 0 Å². The van der Waals surface area contributed by atoms with Crippen LogP contribution in [0.2, 0.25) is 36.3 Å². The predicted octanol–water partition coefficient (Wildman–Crippen LogP) is 9.76. The van der Waals surface area contributed by atoms with E-state index in [9.17, 15) is 5.11 Å². The smallest absolute Gasteiger partial charge is 0.192 e. The zero-order valence-corrected chi connectivity index (χ0v) is 28.0. The van der Waals surface area contributed by atoms with Gasteiger partial charge in [-0.2, -0.15) is 0 Å². The Bertz CT molecular complexity index is 848. The summed E-state index contributed by atoms with van der Waals surface area (Å²) in [6, 6.07) is 9.16. The van der Waals surface area contributed by atoms with Crippen molar-refractivity contribution in [2.45, 2.75) is 147 Å². The number of aliphatic hydroxyl groups excluding tert-OH is 1. The molecule has 0 aromatic heterocycles. The van der Waals surface area contributed by atoms with Crippen LogP contribution in [0.5, 0.6) is 0 Å². The molecule has 1 aliphatic carbocycles. The van der Waals surface area contributed by atoms with Gasteiger partial charge in [-0.15, -0.1) is 6.58 Å². The molecule has 5 atom stereocenters. The highest BCUT2D eigenvalue weighted by atomic mass is 28.4. The first-order valence-electron chi connectivity index (χ1n) is 14.7. The van der Waals surface area contributed by atoms with Crippen LogP contribution in [-0.4, -0.2) is 33.9 Å². The van der Waals surface area contributed by atoms with Crippen molar-refractivity contribution in [2.24, 2.45) is 5.92 Å². The molecule has 0 saturated heterocycles. The molecule has 37 heavy (non-hydrogen) atoms. The third-order valence-electron chi connectivity index (χ3n) is 9.53. The van der Waals surface area contributed by atoms with Crippen molar-refractivity contribution in [3.05, 3.63) is 48.0 Å². The van der Waals surface area contributed by atoms with Crippen LogP contribution in [0.4, 0.5) is 0 Å². The lowest BCUT2D eigenvalue weighted by Crippen LogP contribution is -2.44. The second-order valence-electron chi connectivity index (χ2n) is 14.5. The van der Waals surface area contributed by atoms with Gasteiger partial charge in [0.1, 0.15) is 0 Å². The molecular formula is C32H58O3Si2. The van der Waals surface area contributed by atoms with Gasteiger partial charge in [0.25, 0.3) is 0 Å². The summed E-state index contributed by atoms with van der Waals surface area (Å²) in [5.74, 6) is 0.318. The summed E-state index contributed by atoms with van der Waals surface area (Å²) in [5, 5.41) is 11.4. The minimum atomic E-state index is -1.97. The summed E-state index contributed by atoms with van der Waals surface area (Å²) in [4.78, 5) is 0. The average Bonchev–Trinajstić information content (AvgIpc) is 3.06. The van der Waals surface area contributed by atoms with E-state index in [0.717, 1.165) is 12.8 Å². The molecule has 0 heterocycles. The lowest BCUT2D eigenvalue weighted by molar-refractivity contribution is 0.122. The highest BCUT2D eigenvalue weighted by Gasteiger charge is 2.48. The van der Waals surface area contributed by atoms with E-state index < -0.39 is 16.6 Å². The van der Waals surface area contributed by atoms with Crippen molar-refractivity contribution in [3.8, 4) is 0 Å². The lowest BCUT2D eigenvalue weighted by Gasteiger charge is -2.40. The fourth-order valence-corrected chi connectivity index (χ4v) is 7.72. The molecule has 1 saturated carbocycles. The maximum atomic E-state index is 11.1. The molecule has 2 unspecified atom stereocenters. The largest absolute Gasteiger partial charge is 0.413 e. The highest BCUT2D eigenvalue weighted by molar-refractivity contribution is 6.74. The molecule has 1 aromatic carbocycles. The van der Waals surface area contributed by atoms with E-state index in [2.05, 4.69) is 105 Å². The first-order valence-corrected chi connectivity index (χ1v) is 20.5. The Morgan fingerprint density at radius 1 is 0.973 bits per heavy atom. The summed E-state index contributed by atoms with van der Waals surface area (Å²) in [6.07, 6.45) is 8.00. The molecule has 1 aromatic rings. The SMILES string of the molecule is C=CC[C@@H]1C(c2ccc(C(CCCCC)O[Si](C)(C)C(C)(C)C)cc2)[C@@H](O[Si](C)(C)C(C)(C)C)C[C@@H]1O. The van der Waals surface area contributed by atoms with Gasteiger partial charge < -0.3 is 14.0 Å². The number of aliphatic hydroxyl groups is 1. The Kier molecular flexibility index (Phi) is 11.1. The summed E-state index contributed by atoms with van der Waals surface area (Å²) in [6.45, 7) is 29.4. The molecule has 5 heteroatoms. The van der Waals surface area contributed by atoms with Gasteiger partial charge in [0.15, 0.2) is 16.6 Å². The first kappa shape index (κ1) is 32.5. The summed E-state index contributed by atoms with van der Waals surface area (Å²) < 4.78 is 13.9. The lowest BCUT2D eigenvalue weighted by atomic mass is 9.84. The Morgan fingerprint density at radius 2 is 1.54 bits per heavy atom. The molecule has 1 N–H and O–H groups in total. The van der Waals surface area contributed by atoms with Gasteiger partial charge in [-0.3, -0.25) is 0 Å². The third-order valence-corrected chi connectivity index (χ3v) is 18.5. The predicted molar refractivity (Wildman–Crippen MR) is 165 cm³/mol. The average molecular weight is 547 g/mol. The molecule has 2 rings (SSSR count). The van der Waals surface area contributed by atoms with Gasteiger partial charge in [0.2, 0.25) is 0 Å². The topological polar surface area (TPSA) is 38.7 Å². The monoisotopic (exact) mass is 546 g/mol. The van der Waals surface area contributed by atoms with E-state index in [1.54, 1.807) is 0 Å². The molecule has 212 valence electrons. The third kappa shape index (κ3) is 8.14. The van der Waals surface area contributed by atoms with Crippen LogP contribution in [0.25, 0.3) is 0 Å². The maximum absolute atomic E-state index is 11.1. The van der Waals surface area contributed by atoms with Gasteiger partial charge in [0, 0.05) is 5.92 Å². The zero-order valence-electron chi connectivity index (χ0n) is 26.0. The summed E-state index contributed by atoms with van der Waals surface area (Å²) in [7, 11) is -3.87. The molecule has 3 nitrogen and oxygen atoms in total. The van der Waals surface area contributed by atoms with Gasteiger partial charge in [-0.25, -0.2) is 0 Å². The van der Waals surface area contributed by atoms with Gasteiger partial charge in [-0.05, 0) is 72.6 Å². The molecule has 0 aliphatic heterocycles. The van der Waals surface area contributed by atoms with Gasteiger partial charge in [0.05, 0.1) is 18.3 Å². The number of hydrogen-bond acceptors (Lipinski definition) is 3. The van der Waals surface area contributed by atoms with Crippen molar-refractivity contribution >= 4 is 16.6 Å². The van der Waals surface area contributed by atoms with Crippen LogP contribution in [0.15, 0.2) is 36.9 Å². The van der Waals surface area contributed by atoms with Gasteiger partial charge >= 0.3 is 0 Å². The van der Waals surface area contributed by atoms with E-state index >= 15 is 0 Å². The first-order chi connectivity index (χ1) is 16.9. The van der Waals surface area contributed by atoms with Gasteiger partial charge in [-0.1, -0.05) is 98.1 Å². The quantitative estimate of drug-likeness (QED) is 0.161. The van der Waals surface area contributed by atoms with Crippen molar-refractivity contribution in [1.82, 2.24) is 0 Å². The molecule has 1 aliphatic rings. The molecule has 0 amide bonds. The number of rotatable bonds is 12. The minimum Gasteiger partial charge on any atom is -0.413 e.